The van der Waals surface area contributed by atoms with E-state index < -0.39 is 0 Å². The Labute approximate surface area is 112 Å². The van der Waals surface area contributed by atoms with Gasteiger partial charge in [0.25, 0.3) is 0 Å². The summed E-state index contributed by atoms with van der Waals surface area (Å²) in [6, 6.07) is 4.99. The molecule has 1 fully saturated rings. The first kappa shape index (κ1) is 13.4. The molecule has 0 aliphatic carbocycles. The Morgan fingerprint density at radius 2 is 2.16 bits per heavy atom. The highest BCUT2D eigenvalue weighted by atomic mass is 16.5. The van der Waals surface area contributed by atoms with Gasteiger partial charge in [-0.25, -0.2) is 0 Å². The van der Waals surface area contributed by atoms with Gasteiger partial charge in [-0.3, -0.25) is 4.79 Å². The zero-order valence-corrected chi connectivity index (χ0v) is 10.9. The van der Waals surface area contributed by atoms with Crippen LogP contribution in [0.4, 0.5) is 0 Å². The van der Waals surface area contributed by atoms with E-state index in [4.69, 9.17) is 4.74 Å². The lowest BCUT2D eigenvalue weighted by atomic mass is 10.1. The van der Waals surface area contributed by atoms with E-state index in [0.29, 0.717) is 11.3 Å². The number of phenols is 1. The predicted octanol–water partition coefficient (Wildman–Crippen LogP) is 0.846. The topological polar surface area (TPSA) is 61.8 Å². The number of rotatable bonds is 3. The number of nitrogens with zero attached hydrogens (tertiary/aromatic N) is 1. The zero-order chi connectivity index (χ0) is 13.7. The van der Waals surface area contributed by atoms with E-state index in [0.717, 1.165) is 26.2 Å². The SMILES string of the molecule is COc1ccc(/C=C/C(=O)N2CCNCC2)c(O)c1. The van der Waals surface area contributed by atoms with Gasteiger partial charge in [0, 0.05) is 43.9 Å². The lowest BCUT2D eigenvalue weighted by Crippen LogP contribution is -2.45. The zero-order valence-electron chi connectivity index (χ0n) is 10.9. The Morgan fingerprint density at radius 3 is 2.79 bits per heavy atom. The maximum absolute atomic E-state index is 11.9. The lowest BCUT2D eigenvalue weighted by molar-refractivity contribution is -0.126. The van der Waals surface area contributed by atoms with Crippen LogP contribution in [-0.2, 0) is 4.79 Å². The second-order valence-corrected chi connectivity index (χ2v) is 4.33. The number of hydrogen-bond donors (Lipinski definition) is 2. The largest absolute Gasteiger partial charge is 0.507 e. The summed E-state index contributed by atoms with van der Waals surface area (Å²) in [5.41, 5.74) is 0.601. The number of carbonyl (C=O) groups is 1. The van der Waals surface area contributed by atoms with Crippen LogP contribution in [0.25, 0.3) is 6.08 Å². The van der Waals surface area contributed by atoms with E-state index >= 15 is 0 Å². The fourth-order valence-corrected chi connectivity index (χ4v) is 1.94. The molecule has 0 spiro atoms. The first-order valence-electron chi connectivity index (χ1n) is 6.25. The van der Waals surface area contributed by atoms with Gasteiger partial charge in [0.05, 0.1) is 7.11 Å². The molecule has 1 heterocycles. The van der Waals surface area contributed by atoms with Gasteiger partial charge in [-0.15, -0.1) is 0 Å². The summed E-state index contributed by atoms with van der Waals surface area (Å²) < 4.78 is 5.00. The Bertz CT molecular complexity index is 480. The van der Waals surface area contributed by atoms with Gasteiger partial charge in [0.2, 0.25) is 5.91 Å². The molecule has 2 rings (SSSR count). The average molecular weight is 262 g/mol. The molecule has 1 aromatic carbocycles. The summed E-state index contributed by atoms with van der Waals surface area (Å²) in [6.45, 7) is 3.09. The third-order valence-corrected chi connectivity index (χ3v) is 3.07. The van der Waals surface area contributed by atoms with Crippen LogP contribution in [0.3, 0.4) is 0 Å². The minimum absolute atomic E-state index is 0.0308. The summed E-state index contributed by atoms with van der Waals surface area (Å²) in [6.07, 6.45) is 3.12. The highest BCUT2D eigenvalue weighted by Crippen LogP contribution is 2.24. The number of nitrogens with one attached hydrogen (secondary N) is 1. The Kier molecular flexibility index (Phi) is 4.41. The molecule has 1 aliphatic rings. The van der Waals surface area contributed by atoms with Crippen LogP contribution in [-0.4, -0.2) is 49.2 Å². The molecule has 0 unspecified atom stereocenters. The van der Waals surface area contributed by atoms with E-state index in [9.17, 15) is 9.90 Å². The van der Waals surface area contributed by atoms with Crippen molar-refractivity contribution in [3.8, 4) is 11.5 Å². The molecule has 102 valence electrons. The molecule has 19 heavy (non-hydrogen) atoms. The highest BCUT2D eigenvalue weighted by molar-refractivity contribution is 5.92. The summed E-state index contributed by atoms with van der Waals surface area (Å²) in [7, 11) is 1.54. The minimum atomic E-state index is -0.0308. The first-order valence-corrected chi connectivity index (χ1v) is 6.25. The number of hydrogen-bond acceptors (Lipinski definition) is 4. The highest BCUT2D eigenvalue weighted by Gasteiger charge is 2.13. The fourth-order valence-electron chi connectivity index (χ4n) is 1.94. The van der Waals surface area contributed by atoms with E-state index in [-0.39, 0.29) is 11.7 Å². The Hall–Kier alpha value is -2.01. The van der Waals surface area contributed by atoms with Crippen LogP contribution in [0.15, 0.2) is 24.3 Å². The first-order chi connectivity index (χ1) is 9.20. The Balaban J connectivity index is 2.03. The van der Waals surface area contributed by atoms with E-state index in [1.807, 2.05) is 0 Å². The third kappa shape index (κ3) is 3.48. The van der Waals surface area contributed by atoms with E-state index in [1.54, 1.807) is 23.1 Å². The molecular weight excluding hydrogens is 244 g/mol. The molecule has 0 aromatic heterocycles. The molecule has 0 atom stereocenters. The van der Waals surface area contributed by atoms with Crippen LogP contribution in [0.2, 0.25) is 0 Å². The van der Waals surface area contributed by atoms with Crippen molar-refractivity contribution in [1.82, 2.24) is 10.2 Å². The van der Waals surface area contributed by atoms with Crippen molar-refractivity contribution in [3.05, 3.63) is 29.8 Å². The second-order valence-electron chi connectivity index (χ2n) is 4.33. The van der Waals surface area contributed by atoms with Crippen LogP contribution < -0.4 is 10.1 Å². The summed E-state index contributed by atoms with van der Waals surface area (Å²) in [5, 5.41) is 13.0. The van der Waals surface area contributed by atoms with Crippen LogP contribution in [0, 0.1) is 0 Å². The maximum Gasteiger partial charge on any atom is 0.246 e. The molecule has 1 amide bonds. The summed E-state index contributed by atoms with van der Waals surface area (Å²) >= 11 is 0. The molecule has 0 radical (unpaired) electrons. The van der Waals surface area contributed by atoms with Crippen molar-refractivity contribution >= 4 is 12.0 Å². The number of aromatic hydroxyl groups is 1. The van der Waals surface area contributed by atoms with Crippen molar-refractivity contribution in [3.63, 3.8) is 0 Å². The van der Waals surface area contributed by atoms with Crippen molar-refractivity contribution in [2.45, 2.75) is 0 Å². The van der Waals surface area contributed by atoms with E-state index in [1.165, 1.54) is 19.3 Å². The van der Waals surface area contributed by atoms with Gasteiger partial charge in [0.15, 0.2) is 0 Å². The van der Waals surface area contributed by atoms with Crippen LogP contribution >= 0.6 is 0 Å². The predicted molar refractivity (Wildman–Crippen MR) is 73.1 cm³/mol. The Morgan fingerprint density at radius 1 is 1.42 bits per heavy atom. The van der Waals surface area contributed by atoms with Crippen molar-refractivity contribution in [2.75, 3.05) is 33.3 Å². The van der Waals surface area contributed by atoms with Gasteiger partial charge < -0.3 is 20.1 Å². The van der Waals surface area contributed by atoms with Gasteiger partial charge in [-0.2, -0.15) is 0 Å². The summed E-state index contributed by atoms with van der Waals surface area (Å²) in [4.78, 5) is 13.7. The molecular formula is C14H18N2O3. The number of amides is 1. The van der Waals surface area contributed by atoms with Crippen LogP contribution in [0.5, 0.6) is 11.5 Å². The lowest BCUT2D eigenvalue weighted by Gasteiger charge is -2.26. The monoisotopic (exact) mass is 262 g/mol. The van der Waals surface area contributed by atoms with Gasteiger partial charge in [0.1, 0.15) is 11.5 Å². The minimum Gasteiger partial charge on any atom is -0.507 e. The number of piperazine rings is 1. The molecule has 5 nitrogen and oxygen atoms in total. The number of methoxy groups -OCH3 is 1. The van der Waals surface area contributed by atoms with Gasteiger partial charge in [-0.1, -0.05) is 0 Å². The van der Waals surface area contributed by atoms with Crippen LogP contribution in [0.1, 0.15) is 5.56 Å². The number of ether oxygens (including phenoxy) is 1. The molecule has 0 bridgehead atoms. The molecule has 1 aliphatic heterocycles. The third-order valence-electron chi connectivity index (χ3n) is 3.07. The van der Waals surface area contributed by atoms with Crippen molar-refractivity contribution in [1.29, 1.82) is 0 Å². The standard InChI is InChI=1S/C14H18N2O3/c1-19-12-4-2-11(13(17)10-12)3-5-14(18)16-8-6-15-7-9-16/h2-5,10,15,17H,6-9H2,1H3/b5-3+. The van der Waals surface area contributed by atoms with Crippen molar-refractivity contribution < 1.29 is 14.6 Å². The molecule has 0 saturated carbocycles. The normalized spacial score (nSPS) is 15.7. The smallest absolute Gasteiger partial charge is 0.246 e. The summed E-state index contributed by atoms with van der Waals surface area (Å²) in [5.74, 6) is 0.656. The quantitative estimate of drug-likeness (QED) is 0.793. The maximum atomic E-state index is 11.9. The molecule has 1 saturated heterocycles. The molecule has 2 N–H and O–H groups in total. The average Bonchev–Trinajstić information content (AvgIpc) is 2.46. The number of benzene rings is 1. The molecule has 5 heteroatoms. The van der Waals surface area contributed by atoms with E-state index in [2.05, 4.69) is 5.32 Å². The van der Waals surface area contributed by atoms with Crippen molar-refractivity contribution in [2.24, 2.45) is 0 Å². The van der Waals surface area contributed by atoms with Gasteiger partial charge >= 0.3 is 0 Å². The number of phenolic OH excluding ortho intramolecular Hbond substituents is 1. The second kappa shape index (κ2) is 6.24. The number of carbonyl (C=O) groups excluding carboxylic acids is 1. The molecule has 1 aromatic rings. The fraction of sp³-hybridized carbons (Fsp3) is 0.357. The van der Waals surface area contributed by atoms with Gasteiger partial charge in [-0.05, 0) is 18.2 Å².